The number of pyridine rings is 1. The third-order valence-corrected chi connectivity index (χ3v) is 5.95. The molecule has 0 bridgehead atoms. The van der Waals surface area contributed by atoms with Gasteiger partial charge in [-0.25, -0.2) is 4.79 Å². The third-order valence-electron chi connectivity index (χ3n) is 5.95. The Kier molecular flexibility index (Phi) is 6.51. The molecule has 32 heavy (non-hydrogen) atoms. The number of esters is 1. The number of nitrogens with one attached hydrogen (secondary N) is 1. The van der Waals surface area contributed by atoms with Crippen LogP contribution in [-0.2, 0) is 22.5 Å². The number of benzene rings is 2. The predicted molar refractivity (Wildman–Crippen MR) is 126 cm³/mol. The van der Waals surface area contributed by atoms with Crippen molar-refractivity contribution in [2.24, 2.45) is 0 Å². The van der Waals surface area contributed by atoms with E-state index in [-0.39, 0.29) is 12.5 Å². The van der Waals surface area contributed by atoms with Crippen LogP contribution >= 0.6 is 0 Å². The number of anilines is 1. The molecule has 2 heterocycles. The number of carbonyl (C=O) groups excluding carboxylic acids is 2. The van der Waals surface area contributed by atoms with Gasteiger partial charge in [-0.15, -0.1) is 0 Å². The van der Waals surface area contributed by atoms with E-state index in [2.05, 4.69) is 17.1 Å². The van der Waals surface area contributed by atoms with Gasteiger partial charge in [-0.05, 0) is 44.0 Å². The third kappa shape index (κ3) is 4.50. The lowest BCUT2D eigenvalue weighted by Crippen LogP contribution is -2.33. The molecule has 1 aliphatic rings. The standard InChI is InChI=1S/C26H29N3O3/c1-4-13-29-14-12-22-20(15-29)24(19-10-5-6-11-21(19)27-22)26(31)32-16-23(30)28-25-17(2)8-7-9-18(25)3/h5-11H,4,12-16H2,1-3H3,(H,28,30). The lowest BCUT2D eigenvalue weighted by atomic mass is 9.95. The fraction of sp³-hybridized carbons (Fsp3) is 0.346. The van der Waals surface area contributed by atoms with Crippen molar-refractivity contribution in [3.05, 3.63) is 70.4 Å². The maximum Gasteiger partial charge on any atom is 0.339 e. The van der Waals surface area contributed by atoms with Crippen molar-refractivity contribution >= 4 is 28.5 Å². The molecule has 0 radical (unpaired) electrons. The minimum atomic E-state index is -0.477. The van der Waals surface area contributed by atoms with Crippen molar-refractivity contribution in [3.8, 4) is 0 Å². The highest BCUT2D eigenvalue weighted by atomic mass is 16.5. The number of hydrogen-bond acceptors (Lipinski definition) is 5. The molecular weight excluding hydrogens is 402 g/mol. The molecule has 1 N–H and O–H groups in total. The molecule has 0 saturated carbocycles. The monoisotopic (exact) mass is 431 g/mol. The SMILES string of the molecule is CCCN1CCc2nc3ccccc3c(C(=O)OCC(=O)Nc3c(C)cccc3C)c2C1. The highest BCUT2D eigenvalue weighted by molar-refractivity contribution is 6.06. The molecule has 1 aliphatic heterocycles. The van der Waals surface area contributed by atoms with Crippen LogP contribution in [0.15, 0.2) is 42.5 Å². The lowest BCUT2D eigenvalue weighted by Gasteiger charge is -2.29. The molecule has 166 valence electrons. The summed E-state index contributed by atoms with van der Waals surface area (Å²) in [6.07, 6.45) is 1.85. The average molecular weight is 432 g/mol. The van der Waals surface area contributed by atoms with E-state index in [1.54, 1.807) is 0 Å². The largest absolute Gasteiger partial charge is 0.452 e. The van der Waals surface area contributed by atoms with Crippen LogP contribution in [0.1, 0.15) is 46.1 Å². The van der Waals surface area contributed by atoms with Crippen LogP contribution in [0.3, 0.4) is 0 Å². The Balaban J connectivity index is 1.58. The molecular formula is C26H29N3O3. The summed E-state index contributed by atoms with van der Waals surface area (Å²) in [5.74, 6) is -0.828. The highest BCUT2D eigenvalue weighted by Gasteiger charge is 2.26. The Morgan fingerprint density at radius 2 is 1.84 bits per heavy atom. The number of amides is 1. The van der Waals surface area contributed by atoms with Gasteiger partial charge in [0.2, 0.25) is 0 Å². The molecule has 6 nitrogen and oxygen atoms in total. The second kappa shape index (κ2) is 9.49. The maximum absolute atomic E-state index is 13.2. The topological polar surface area (TPSA) is 71.5 Å². The number of carbonyl (C=O) groups is 2. The van der Waals surface area contributed by atoms with Crippen molar-refractivity contribution in [2.75, 3.05) is 25.0 Å². The summed E-state index contributed by atoms with van der Waals surface area (Å²) < 4.78 is 5.51. The Hall–Kier alpha value is -3.25. The smallest absolute Gasteiger partial charge is 0.339 e. The molecule has 0 unspecified atom stereocenters. The quantitative estimate of drug-likeness (QED) is 0.585. The van der Waals surface area contributed by atoms with Crippen LogP contribution in [0.5, 0.6) is 0 Å². The van der Waals surface area contributed by atoms with Gasteiger partial charge in [0, 0.05) is 41.8 Å². The van der Waals surface area contributed by atoms with E-state index < -0.39 is 5.97 Å². The first-order valence-electron chi connectivity index (χ1n) is 11.1. The predicted octanol–water partition coefficient (Wildman–Crippen LogP) is 4.42. The van der Waals surface area contributed by atoms with Crippen LogP contribution in [0.25, 0.3) is 10.9 Å². The van der Waals surface area contributed by atoms with Crippen LogP contribution in [-0.4, -0.2) is 41.5 Å². The molecule has 0 aliphatic carbocycles. The number of nitrogens with zero attached hydrogens (tertiary/aromatic N) is 2. The zero-order valence-corrected chi connectivity index (χ0v) is 18.9. The van der Waals surface area contributed by atoms with Crippen molar-refractivity contribution in [1.82, 2.24) is 9.88 Å². The second-order valence-electron chi connectivity index (χ2n) is 8.35. The normalized spacial score (nSPS) is 13.6. The highest BCUT2D eigenvalue weighted by Crippen LogP contribution is 2.29. The molecule has 6 heteroatoms. The van der Waals surface area contributed by atoms with Gasteiger partial charge in [-0.2, -0.15) is 0 Å². The van der Waals surface area contributed by atoms with Gasteiger partial charge in [0.05, 0.1) is 11.1 Å². The Morgan fingerprint density at radius 3 is 2.59 bits per heavy atom. The Labute approximate surface area is 188 Å². The van der Waals surface area contributed by atoms with Gasteiger partial charge in [-0.3, -0.25) is 14.7 Å². The fourth-order valence-electron chi connectivity index (χ4n) is 4.38. The molecule has 0 saturated heterocycles. The van der Waals surface area contributed by atoms with Crippen LogP contribution in [0.4, 0.5) is 5.69 Å². The Bertz CT molecular complexity index is 1150. The zero-order chi connectivity index (χ0) is 22.7. The summed E-state index contributed by atoms with van der Waals surface area (Å²) in [6.45, 7) is 8.25. The maximum atomic E-state index is 13.2. The number of rotatable bonds is 6. The molecule has 0 atom stereocenters. The Morgan fingerprint density at radius 1 is 1.09 bits per heavy atom. The first kappa shape index (κ1) is 22.0. The summed E-state index contributed by atoms with van der Waals surface area (Å²) in [7, 11) is 0. The van der Waals surface area contributed by atoms with Crippen molar-refractivity contribution in [3.63, 3.8) is 0 Å². The molecule has 1 aromatic heterocycles. The molecule has 0 spiro atoms. The first-order valence-corrected chi connectivity index (χ1v) is 11.1. The number of para-hydroxylation sites is 2. The van der Waals surface area contributed by atoms with Crippen molar-refractivity contribution in [2.45, 2.75) is 40.2 Å². The van der Waals surface area contributed by atoms with Gasteiger partial charge in [-0.1, -0.05) is 43.3 Å². The second-order valence-corrected chi connectivity index (χ2v) is 8.35. The van der Waals surface area contributed by atoms with Gasteiger partial charge in [0.1, 0.15) is 0 Å². The van der Waals surface area contributed by atoms with E-state index in [1.165, 1.54) is 0 Å². The van der Waals surface area contributed by atoms with Gasteiger partial charge < -0.3 is 10.1 Å². The van der Waals surface area contributed by atoms with E-state index >= 15 is 0 Å². The lowest BCUT2D eigenvalue weighted by molar-refractivity contribution is -0.119. The number of aromatic nitrogens is 1. The van der Waals surface area contributed by atoms with Gasteiger partial charge in [0.25, 0.3) is 5.91 Å². The molecule has 2 aromatic carbocycles. The van der Waals surface area contributed by atoms with E-state index in [0.29, 0.717) is 12.1 Å². The number of ether oxygens (including phenoxy) is 1. The minimum absolute atomic E-state index is 0.337. The summed E-state index contributed by atoms with van der Waals surface area (Å²) >= 11 is 0. The van der Waals surface area contributed by atoms with Gasteiger partial charge >= 0.3 is 5.97 Å². The number of hydrogen-bond donors (Lipinski definition) is 1. The molecule has 3 aromatic rings. The summed E-state index contributed by atoms with van der Waals surface area (Å²) in [6, 6.07) is 13.4. The van der Waals surface area contributed by atoms with E-state index in [0.717, 1.165) is 64.9 Å². The van der Waals surface area contributed by atoms with E-state index in [9.17, 15) is 9.59 Å². The first-order chi connectivity index (χ1) is 15.5. The average Bonchev–Trinajstić information content (AvgIpc) is 2.78. The summed E-state index contributed by atoms with van der Waals surface area (Å²) in [5.41, 5.74) is 5.88. The minimum Gasteiger partial charge on any atom is -0.452 e. The zero-order valence-electron chi connectivity index (χ0n) is 18.9. The number of fused-ring (bicyclic) bond motifs is 2. The summed E-state index contributed by atoms with van der Waals surface area (Å²) in [4.78, 5) is 32.9. The molecule has 0 fully saturated rings. The van der Waals surface area contributed by atoms with Crippen LogP contribution in [0.2, 0.25) is 0 Å². The van der Waals surface area contributed by atoms with Crippen LogP contribution < -0.4 is 5.32 Å². The van der Waals surface area contributed by atoms with Crippen LogP contribution in [0, 0.1) is 13.8 Å². The van der Waals surface area contributed by atoms with Crippen molar-refractivity contribution in [1.29, 1.82) is 0 Å². The molecule has 4 rings (SSSR count). The van der Waals surface area contributed by atoms with E-state index in [4.69, 9.17) is 9.72 Å². The van der Waals surface area contributed by atoms with Crippen molar-refractivity contribution < 1.29 is 14.3 Å². The fourth-order valence-corrected chi connectivity index (χ4v) is 4.38. The molecule has 1 amide bonds. The van der Waals surface area contributed by atoms with E-state index in [1.807, 2.05) is 56.3 Å². The summed E-state index contributed by atoms with van der Waals surface area (Å²) in [5, 5.41) is 3.64. The van der Waals surface area contributed by atoms with Gasteiger partial charge in [0.15, 0.2) is 6.61 Å². The number of aryl methyl sites for hydroxylation is 2.